The number of carbonyl (C=O) groups is 2. The first-order chi connectivity index (χ1) is 29.0. The van der Waals surface area contributed by atoms with E-state index < -0.39 is 41.1 Å². The Morgan fingerprint density at radius 1 is 0.623 bits per heavy atom. The molecule has 6 aromatic rings. The monoisotopic (exact) mass is 844 g/mol. The molecule has 0 aliphatic carbocycles. The number of rotatable bonds is 4. The molecule has 0 radical (unpaired) electrons. The summed E-state index contributed by atoms with van der Waals surface area (Å²) in [6.07, 6.45) is -4.86. The molecule has 2 saturated heterocycles. The number of aromatic nitrogens is 6. The largest absolute Gasteiger partial charge is 0.419 e. The molecule has 12 nitrogen and oxygen atoms in total. The summed E-state index contributed by atoms with van der Waals surface area (Å²) in [5.74, 6) is -2.72. The summed E-state index contributed by atoms with van der Waals surface area (Å²) in [7, 11) is 0. The maximum absolute atomic E-state index is 14.1. The van der Waals surface area contributed by atoms with Gasteiger partial charge in [0.2, 0.25) is 11.6 Å². The lowest BCUT2D eigenvalue weighted by molar-refractivity contribution is -0.141. The molecule has 314 valence electrons. The number of hydrogen-bond donors (Lipinski definition) is 0. The van der Waals surface area contributed by atoms with Crippen molar-refractivity contribution in [3.05, 3.63) is 129 Å². The van der Waals surface area contributed by atoms with Gasteiger partial charge in [-0.25, -0.2) is 4.39 Å². The second kappa shape index (κ2) is 16.6. The number of amides is 2. The lowest BCUT2D eigenvalue weighted by Crippen LogP contribution is -2.39. The van der Waals surface area contributed by atoms with Crippen molar-refractivity contribution in [2.45, 2.75) is 63.7 Å². The quantitative estimate of drug-likeness (QED) is 0.162. The maximum atomic E-state index is 14.1. The highest BCUT2D eigenvalue weighted by Gasteiger charge is 2.40. The first kappa shape index (κ1) is 42.2. The van der Waals surface area contributed by atoms with E-state index >= 15 is 0 Å². The molecule has 2 fully saturated rings. The third kappa shape index (κ3) is 8.72. The van der Waals surface area contributed by atoms with Crippen LogP contribution in [0.5, 0.6) is 0 Å². The van der Waals surface area contributed by atoms with E-state index in [1.807, 2.05) is 12.1 Å². The average molecular weight is 845 g/mol. The number of alkyl halides is 6. The van der Waals surface area contributed by atoms with Crippen molar-refractivity contribution in [1.29, 1.82) is 10.5 Å². The van der Waals surface area contributed by atoms with E-state index in [1.54, 1.807) is 49.1 Å². The molecule has 0 saturated carbocycles. The van der Waals surface area contributed by atoms with E-state index in [2.05, 4.69) is 20.4 Å². The Morgan fingerprint density at radius 3 is 1.52 bits per heavy atom. The summed E-state index contributed by atoms with van der Waals surface area (Å²) >= 11 is 0. The molecule has 8 rings (SSSR count). The Bertz CT molecular complexity index is 2730. The zero-order valence-corrected chi connectivity index (χ0v) is 32.6. The third-order valence-electron chi connectivity index (χ3n) is 11.0. The van der Waals surface area contributed by atoms with Crippen molar-refractivity contribution in [3.8, 4) is 12.1 Å². The number of piperidine rings is 2. The van der Waals surface area contributed by atoms with Crippen molar-refractivity contribution < 1.29 is 40.3 Å². The van der Waals surface area contributed by atoms with Gasteiger partial charge >= 0.3 is 12.4 Å². The predicted octanol–water partition coefficient (Wildman–Crippen LogP) is 8.04. The summed E-state index contributed by atoms with van der Waals surface area (Å²) in [5, 5.41) is 33.9. The molecule has 4 aromatic heterocycles. The van der Waals surface area contributed by atoms with Crippen molar-refractivity contribution >= 4 is 23.1 Å². The van der Waals surface area contributed by atoms with E-state index in [1.165, 1.54) is 38.2 Å². The molecule has 2 aliphatic heterocycles. The number of halogens is 7. The van der Waals surface area contributed by atoms with Gasteiger partial charge in [0.15, 0.2) is 11.3 Å². The van der Waals surface area contributed by atoms with E-state index in [9.17, 15) is 40.3 Å². The Balaban J connectivity index is 0.000000184. The molecular weight excluding hydrogens is 810 g/mol. The van der Waals surface area contributed by atoms with Gasteiger partial charge in [0, 0.05) is 38.6 Å². The number of hydrogen-bond acceptors (Lipinski definition) is 8. The summed E-state index contributed by atoms with van der Waals surface area (Å²) in [5.41, 5.74) is 1.15. The Kier molecular flexibility index (Phi) is 11.5. The average Bonchev–Trinajstić information content (AvgIpc) is 3.86. The van der Waals surface area contributed by atoms with Crippen LogP contribution in [-0.2, 0) is 12.4 Å². The first-order valence-electron chi connectivity index (χ1n) is 19.1. The van der Waals surface area contributed by atoms with Gasteiger partial charge in [-0.2, -0.15) is 36.9 Å². The number of likely N-dealkylation sites (tertiary alicyclic amines) is 2. The number of carbonyl (C=O) groups excluding carboxylic acids is 2. The van der Waals surface area contributed by atoms with Crippen LogP contribution < -0.4 is 0 Å². The smallest absolute Gasteiger partial charge is 0.336 e. The molecule has 2 aliphatic rings. The van der Waals surface area contributed by atoms with Crippen LogP contribution in [0.1, 0.15) is 103 Å². The fourth-order valence-electron chi connectivity index (χ4n) is 7.94. The van der Waals surface area contributed by atoms with Gasteiger partial charge in [0.05, 0.1) is 22.3 Å². The number of aryl methyl sites for hydroxylation is 2. The van der Waals surface area contributed by atoms with Gasteiger partial charge in [-0.15, -0.1) is 20.4 Å². The number of pyridine rings is 2. The first-order valence-corrected chi connectivity index (χ1v) is 19.1. The van der Waals surface area contributed by atoms with Gasteiger partial charge in [-0.05, 0) is 104 Å². The standard InChI is InChI=1S/C21H17F4N5O.C21H18F3N5O/c1-12-8-15(18(16(22)9-12)21(23,24)25)14-4-6-29(7-5-14)20(31)19-28-27-17-3-2-13(10-26)11-30(17)19;1-13-2-4-17(21(22,23)24)16(10-13)15-6-8-28(9-7-15)20(30)19-27-26-18-5-3-14(11-25)12-29(18)19/h2-3,8-9,11,14H,4-7H2,1H3;2-5,10,12,15H,6-9H2,1H3. The van der Waals surface area contributed by atoms with E-state index in [0.29, 0.717) is 59.5 Å². The number of nitriles is 2. The molecular formula is C42H35F7N10O2. The van der Waals surface area contributed by atoms with Gasteiger partial charge in [0.25, 0.3) is 11.8 Å². The van der Waals surface area contributed by atoms with Crippen molar-refractivity contribution in [2.75, 3.05) is 26.2 Å². The third-order valence-corrected chi connectivity index (χ3v) is 11.0. The lowest BCUT2D eigenvalue weighted by Gasteiger charge is -2.33. The van der Waals surface area contributed by atoms with Crippen LogP contribution in [0.25, 0.3) is 11.3 Å². The van der Waals surface area contributed by atoms with Crippen LogP contribution in [0.3, 0.4) is 0 Å². The van der Waals surface area contributed by atoms with Crippen molar-refractivity contribution in [1.82, 2.24) is 39.0 Å². The molecule has 2 amide bonds. The molecule has 0 unspecified atom stereocenters. The van der Waals surface area contributed by atoms with Crippen LogP contribution in [0.15, 0.2) is 67.0 Å². The topological polar surface area (TPSA) is 149 Å². The van der Waals surface area contributed by atoms with Crippen LogP contribution >= 0.6 is 0 Å². The summed E-state index contributed by atoms with van der Waals surface area (Å²) in [6, 6.07) is 16.8. The van der Waals surface area contributed by atoms with Crippen LogP contribution in [0.2, 0.25) is 0 Å². The minimum Gasteiger partial charge on any atom is -0.336 e. The Morgan fingerprint density at radius 2 is 1.08 bits per heavy atom. The normalized spacial score (nSPS) is 15.3. The highest BCUT2D eigenvalue weighted by atomic mass is 19.4. The Labute approximate surface area is 343 Å². The number of fused-ring (bicyclic) bond motifs is 2. The molecule has 0 N–H and O–H groups in total. The maximum Gasteiger partial charge on any atom is 0.419 e. The van der Waals surface area contributed by atoms with Crippen molar-refractivity contribution in [3.63, 3.8) is 0 Å². The van der Waals surface area contributed by atoms with Gasteiger partial charge in [-0.3, -0.25) is 18.4 Å². The summed E-state index contributed by atoms with van der Waals surface area (Å²) < 4.78 is 97.7. The molecule has 6 heterocycles. The van der Waals surface area contributed by atoms with Crippen molar-refractivity contribution in [2.24, 2.45) is 0 Å². The summed E-state index contributed by atoms with van der Waals surface area (Å²) in [6.45, 7) is 4.36. The number of benzene rings is 2. The predicted molar refractivity (Wildman–Crippen MR) is 203 cm³/mol. The second-order valence-electron chi connectivity index (χ2n) is 15.0. The molecule has 2 aromatic carbocycles. The Hall–Kier alpha value is -6.89. The fraction of sp³-hybridized carbons (Fsp3) is 0.333. The van der Waals surface area contributed by atoms with Crippen LogP contribution in [0, 0.1) is 42.3 Å². The van der Waals surface area contributed by atoms with Gasteiger partial charge in [-0.1, -0.05) is 23.8 Å². The SMILES string of the molecule is Cc1cc(F)c(C(F)(F)F)c(C2CCN(C(=O)c3nnc4ccc(C#N)cn34)CC2)c1.Cc1ccc(C(F)(F)F)c(C2CCN(C(=O)c3nnc4ccc(C#N)cn34)CC2)c1. The molecule has 61 heavy (non-hydrogen) atoms. The van der Waals surface area contributed by atoms with Gasteiger partial charge in [0.1, 0.15) is 18.0 Å². The molecule has 19 heteroatoms. The highest BCUT2D eigenvalue weighted by molar-refractivity contribution is 5.92. The van der Waals surface area contributed by atoms with E-state index in [0.717, 1.165) is 17.7 Å². The van der Waals surface area contributed by atoms with E-state index in [4.69, 9.17) is 10.5 Å². The minimum atomic E-state index is -4.79. The molecule has 0 atom stereocenters. The van der Waals surface area contributed by atoms with E-state index in [-0.39, 0.29) is 55.0 Å². The minimum absolute atomic E-state index is 0.0307. The van der Waals surface area contributed by atoms with Gasteiger partial charge < -0.3 is 9.80 Å². The lowest BCUT2D eigenvalue weighted by atomic mass is 9.85. The number of nitrogens with zero attached hydrogens (tertiary/aromatic N) is 10. The second-order valence-corrected chi connectivity index (χ2v) is 15.0. The molecule has 0 bridgehead atoms. The highest BCUT2D eigenvalue weighted by Crippen LogP contribution is 2.42. The molecule has 0 spiro atoms. The summed E-state index contributed by atoms with van der Waals surface area (Å²) in [4.78, 5) is 28.9. The zero-order chi connectivity index (χ0) is 43.8. The van der Waals surface area contributed by atoms with Crippen LogP contribution in [-0.4, -0.2) is 77.0 Å². The van der Waals surface area contributed by atoms with Crippen LogP contribution in [0.4, 0.5) is 30.7 Å². The fourth-order valence-corrected chi connectivity index (χ4v) is 7.94. The zero-order valence-electron chi connectivity index (χ0n) is 32.6.